The van der Waals surface area contributed by atoms with E-state index in [9.17, 15) is 0 Å². The van der Waals surface area contributed by atoms with Gasteiger partial charge in [-0.1, -0.05) is 70.9 Å². The highest BCUT2D eigenvalue weighted by molar-refractivity contribution is 9.10. The van der Waals surface area contributed by atoms with Crippen LogP contribution in [0.15, 0.2) is 34.8 Å². The Morgan fingerprint density at radius 2 is 1.75 bits per heavy atom. The fourth-order valence-electron chi connectivity index (χ4n) is 3.51. The maximum atomic E-state index is 6.08. The van der Waals surface area contributed by atoms with Crippen LogP contribution in [0.25, 0.3) is 0 Å². The van der Waals surface area contributed by atoms with Crippen LogP contribution < -0.4 is 14.8 Å². The lowest BCUT2D eigenvalue weighted by atomic mass is 10.1. The summed E-state index contributed by atoms with van der Waals surface area (Å²) in [5.74, 6) is 1.42. The molecule has 0 amide bonds. The van der Waals surface area contributed by atoms with E-state index in [1.165, 1.54) is 44.1 Å². The van der Waals surface area contributed by atoms with E-state index in [0.29, 0.717) is 28.4 Å². The third-order valence-corrected chi connectivity index (χ3v) is 6.62. The Morgan fingerprint density at radius 3 is 2.43 bits per heavy atom. The Bertz CT molecular complexity index is 792. The lowest BCUT2D eigenvalue weighted by Crippen LogP contribution is -2.28. The summed E-state index contributed by atoms with van der Waals surface area (Å²) < 4.78 is 12.6. The van der Waals surface area contributed by atoms with Crippen molar-refractivity contribution in [1.29, 1.82) is 0 Å². The normalized spacial score (nSPS) is 15.3. The van der Waals surface area contributed by atoms with E-state index in [-0.39, 0.29) is 0 Å². The fourth-order valence-corrected chi connectivity index (χ4v) is 4.30. The number of methoxy groups -OCH3 is 1. The molecule has 0 aromatic heterocycles. The van der Waals surface area contributed by atoms with Gasteiger partial charge in [-0.3, -0.25) is 0 Å². The van der Waals surface area contributed by atoms with Crippen molar-refractivity contribution >= 4 is 39.1 Å². The van der Waals surface area contributed by atoms with Gasteiger partial charge in [0, 0.05) is 17.1 Å². The minimum Gasteiger partial charge on any atom is -0.493 e. The van der Waals surface area contributed by atoms with Crippen LogP contribution in [0.1, 0.15) is 49.7 Å². The van der Waals surface area contributed by atoms with Crippen molar-refractivity contribution in [3.63, 3.8) is 0 Å². The van der Waals surface area contributed by atoms with Crippen molar-refractivity contribution in [2.24, 2.45) is 0 Å². The standard InChI is InChI=1S/C22H26BrCl2NO2/c1-27-21-11-16(13-26-17-6-4-2-3-5-7-17)18(23)12-22(21)28-14-15-8-9-19(24)20(25)10-15/h8-12,17,26H,2-7,13-14H2,1H3. The largest absolute Gasteiger partial charge is 0.493 e. The van der Waals surface area contributed by atoms with Crippen molar-refractivity contribution in [2.75, 3.05) is 7.11 Å². The van der Waals surface area contributed by atoms with Gasteiger partial charge >= 0.3 is 0 Å². The zero-order valence-corrected chi connectivity index (χ0v) is 19.2. The van der Waals surface area contributed by atoms with Gasteiger partial charge in [0.1, 0.15) is 6.61 Å². The zero-order chi connectivity index (χ0) is 19.9. The van der Waals surface area contributed by atoms with Gasteiger partial charge in [-0.25, -0.2) is 0 Å². The summed E-state index contributed by atoms with van der Waals surface area (Å²) in [6, 6.07) is 10.1. The molecule has 152 valence electrons. The van der Waals surface area contributed by atoms with Gasteiger partial charge in [0.25, 0.3) is 0 Å². The van der Waals surface area contributed by atoms with Crippen molar-refractivity contribution < 1.29 is 9.47 Å². The molecule has 0 heterocycles. The van der Waals surface area contributed by atoms with Crippen LogP contribution in [0.2, 0.25) is 10.0 Å². The second-order valence-corrected chi connectivity index (χ2v) is 8.87. The summed E-state index contributed by atoms with van der Waals surface area (Å²) in [7, 11) is 1.66. The van der Waals surface area contributed by atoms with Crippen LogP contribution >= 0.6 is 39.1 Å². The predicted octanol–water partition coefficient (Wildman–Crippen LogP) is 7.16. The molecule has 0 aliphatic heterocycles. The van der Waals surface area contributed by atoms with Crippen molar-refractivity contribution in [2.45, 2.75) is 57.7 Å². The van der Waals surface area contributed by atoms with Crippen molar-refractivity contribution in [3.05, 3.63) is 56.0 Å². The summed E-state index contributed by atoms with van der Waals surface area (Å²) in [5.41, 5.74) is 2.12. The highest BCUT2D eigenvalue weighted by Gasteiger charge is 2.15. The molecule has 2 aromatic carbocycles. The quantitative estimate of drug-likeness (QED) is 0.421. The second-order valence-electron chi connectivity index (χ2n) is 7.20. The molecule has 3 rings (SSSR count). The third-order valence-electron chi connectivity index (χ3n) is 5.15. The highest BCUT2D eigenvalue weighted by atomic mass is 79.9. The maximum absolute atomic E-state index is 6.08. The Labute approximate surface area is 185 Å². The highest BCUT2D eigenvalue weighted by Crippen LogP contribution is 2.34. The minimum absolute atomic E-state index is 0.388. The Morgan fingerprint density at radius 1 is 1.00 bits per heavy atom. The van der Waals surface area contributed by atoms with E-state index in [1.54, 1.807) is 13.2 Å². The molecule has 0 bridgehead atoms. The SMILES string of the molecule is COc1cc(CNC2CCCCCC2)c(Br)cc1OCc1ccc(Cl)c(Cl)c1. The van der Waals surface area contributed by atoms with Crippen LogP contribution in [-0.4, -0.2) is 13.2 Å². The lowest BCUT2D eigenvalue weighted by Gasteiger charge is -2.18. The van der Waals surface area contributed by atoms with Gasteiger partial charge in [-0.15, -0.1) is 0 Å². The molecule has 1 aliphatic rings. The lowest BCUT2D eigenvalue weighted by molar-refractivity contribution is 0.284. The van der Waals surface area contributed by atoms with E-state index in [0.717, 1.165) is 22.3 Å². The predicted molar refractivity (Wildman–Crippen MR) is 120 cm³/mol. The Kier molecular flexibility index (Phi) is 8.34. The average Bonchev–Trinajstić information content (AvgIpc) is 2.97. The summed E-state index contributed by atoms with van der Waals surface area (Å²) in [6.07, 6.45) is 7.90. The Hall–Kier alpha value is -0.940. The van der Waals surface area contributed by atoms with E-state index < -0.39 is 0 Å². The Balaban J connectivity index is 1.65. The molecule has 1 saturated carbocycles. The van der Waals surface area contributed by atoms with Gasteiger partial charge in [0.05, 0.1) is 17.2 Å². The summed E-state index contributed by atoms with van der Waals surface area (Å²) in [5, 5.41) is 4.77. The first-order valence-electron chi connectivity index (χ1n) is 9.73. The molecule has 0 saturated heterocycles. The van der Waals surface area contributed by atoms with Crippen LogP contribution in [-0.2, 0) is 13.2 Å². The summed E-state index contributed by atoms with van der Waals surface area (Å²) in [4.78, 5) is 0. The molecule has 2 aromatic rings. The first-order valence-corrected chi connectivity index (χ1v) is 11.3. The first-order chi connectivity index (χ1) is 13.6. The van der Waals surface area contributed by atoms with Crippen LogP contribution in [0.4, 0.5) is 0 Å². The number of benzene rings is 2. The second kappa shape index (κ2) is 10.7. The van der Waals surface area contributed by atoms with Crippen LogP contribution in [0, 0.1) is 0 Å². The molecule has 1 aliphatic carbocycles. The summed E-state index contributed by atoms with van der Waals surface area (Å²) >= 11 is 15.7. The van der Waals surface area contributed by atoms with Crippen LogP contribution in [0.5, 0.6) is 11.5 Å². The number of hydrogen-bond acceptors (Lipinski definition) is 3. The molecule has 0 atom stereocenters. The van der Waals surface area contributed by atoms with Gasteiger partial charge in [-0.2, -0.15) is 0 Å². The van der Waals surface area contributed by atoms with E-state index >= 15 is 0 Å². The molecular formula is C22H26BrCl2NO2. The molecule has 0 unspecified atom stereocenters. The molecule has 1 fully saturated rings. The number of hydrogen-bond donors (Lipinski definition) is 1. The third kappa shape index (κ3) is 6.03. The number of rotatable bonds is 7. The molecular weight excluding hydrogens is 461 g/mol. The number of nitrogens with one attached hydrogen (secondary N) is 1. The molecule has 3 nitrogen and oxygen atoms in total. The van der Waals surface area contributed by atoms with Gasteiger partial charge < -0.3 is 14.8 Å². The van der Waals surface area contributed by atoms with Crippen molar-refractivity contribution in [1.82, 2.24) is 5.32 Å². The molecule has 1 N–H and O–H groups in total. The van der Waals surface area contributed by atoms with Gasteiger partial charge in [0.15, 0.2) is 11.5 Å². The minimum atomic E-state index is 0.388. The van der Waals surface area contributed by atoms with Crippen molar-refractivity contribution in [3.8, 4) is 11.5 Å². The van der Waals surface area contributed by atoms with E-state index in [2.05, 4.69) is 21.2 Å². The topological polar surface area (TPSA) is 30.5 Å². The van der Waals surface area contributed by atoms with E-state index in [4.69, 9.17) is 32.7 Å². The molecule has 0 radical (unpaired) electrons. The molecule has 0 spiro atoms. The first kappa shape index (κ1) is 21.8. The van der Waals surface area contributed by atoms with E-state index in [1.807, 2.05) is 24.3 Å². The summed E-state index contributed by atoms with van der Waals surface area (Å²) in [6.45, 7) is 1.20. The smallest absolute Gasteiger partial charge is 0.162 e. The van der Waals surface area contributed by atoms with Crippen LogP contribution in [0.3, 0.4) is 0 Å². The maximum Gasteiger partial charge on any atom is 0.162 e. The monoisotopic (exact) mass is 485 g/mol. The van der Waals surface area contributed by atoms with Gasteiger partial charge in [-0.05, 0) is 48.2 Å². The number of halogens is 3. The fraction of sp³-hybridized carbons (Fsp3) is 0.455. The van der Waals surface area contributed by atoms with Gasteiger partial charge in [0.2, 0.25) is 0 Å². The zero-order valence-electron chi connectivity index (χ0n) is 16.1. The molecule has 6 heteroatoms. The number of ether oxygens (including phenoxy) is 2. The molecule has 28 heavy (non-hydrogen) atoms. The average molecular weight is 487 g/mol.